The molecule has 0 spiro atoms. The first-order valence-electron chi connectivity index (χ1n) is 16.8. The molecule has 5 aromatic carbocycles. The van der Waals surface area contributed by atoms with E-state index >= 15 is 0 Å². The van der Waals surface area contributed by atoms with Crippen LogP contribution >= 0.6 is 0 Å². The van der Waals surface area contributed by atoms with Gasteiger partial charge in [-0.15, -0.1) is 0 Å². The highest BCUT2D eigenvalue weighted by molar-refractivity contribution is 5.85. The molecule has 2 heteroatoms. The van der Waals surface area contributed by atoms with E-state index in [1.54, 1.807) is 0 Å². The molecule has 2 unspecified atom stereocenters. The molecule has 9 rings (SSSR count). The first kappa shape index (κ1) is 27.9. The van der Waals surface area contributed by atoms with E-state index in [1.807, 2.05) is 0 Å². The summed E-state index contributed by atoms with van der Waals surface area (Å²) in [5, 5.41) is 0. The van der Waals surface area contributed by atoms with Crippen LogP contribution in [0.5, 0.6) is 5.75 Å². The Bertz CT molecular complexity index is 2130. The maximum Gasteiger partial charge on any atom is 0.132 e. The Balaban J connectivity index is 1.12. The van der Waals surface area contributed by atoms with E-state index in [2.05, 4.69) is 170 Å². The number of fused-ring (bicyclic) bond motifs is 5. The molecule has 2 nitrogen and oxygen atoms in total. The maximum absolute atomic E-state index is 6.51. The average molecular weight is 608 g/mol. The number of benzene rings is 5. The van der Waals surface area contributed by atoms with Crippen LogP contribution in [-0.4, -0.2) is 6.10 Å². The number of hydrogen-bond donors (Lipinski definition) is 0. The summed E-state index contributed by atoms with van der Waals surface area (Å²) in [6, 6.07) is 44.3. The molecule has 0 aromatic heterocycles. The van der Waals surface area contributed by atoms with Crippen molar-refractivity contribution in [3.63, 3.8) is 0 Å². The minimum absolute atomic E-state index is 0.0282. The van der Waals surface area contributed by atoms with Crippen LogP contribution in [0.2, 0.25) is 0 Å². The number of rotatable bonds is 5. The maximum atomic E-state index is 6.51. The number of anilines is 2. The molecule has 0 bridgehead atoms. The zero-order chi connectivity index (χ0) is 31.5. The second-order valence-corrected chi connectivity index (χ2v) is 13.6. The predicted octanol–water partition coefficient (Wildman–Crippen LogP) is 11.6. The minimum atomic E-state index is -0.0282. The number of hydrogen-bond acceptors (Lipinski definition) is 2. The fourth-order valence-corrected chi connectivity index (χ4v) is 8.16. The fraction of sp³-hybridized carbons (Fsp3) is 0.156. The molecule has 47 heavy (non-hydrogen) atoms. The first-order valence-corrected chi connectivity index (χ1v) is 16.8. The molecule has 0 fully saturated rings. The summed E-state index contributed by atoms with van der Waals surface area (Å²) in [4.78, 5) is 2.47. The number of para-hydroxylation sites is 1. The Kier molecular flexibility index (Phi) is 6.47. The average Bonchev–Trinajstić information content (AvgIpc) is 3.62. The molecular weight excluding hydrogens is 571 g/mol. The highest BCUT2D eigenvalue weighted by Crippen LogP contribution is 2.52. The van der Waals surface area contributed by atoms with Gasteiger partial charge in [0.1, 0.15) is 11.9 Å². The Labute approximate surface area is 277 Å². The van der Waals surface area contributed by atoms with Gasteiger partial charge in [0, 0.05) is 39.5 Å². The van der Waals surface area contributed by atoms with Crippen molar-refractivity contribution in [1.29, 1.82) is 0 Å². The fourth-order valence-electron chi connectivity index (χ4n) is 8.16. The van der Waals surface area contributed by atoms with Crippen molar-refractivity contribution in [2.45, 2.75) is 44.1 Å². The molecule has 1 aliphatic heterocycles. The lowest BCUT2D eigenvalue weighted by Gasteiger charge is -2.33. The third-order valence-electron chi connectivity index (χ3n) is 10.6. The Morgan fingerprint density at radius 3 is 2.06 bits per heavy atom. The van der Waals surface area contributed by atoms with E-state index in [9.17, 15) is 0 Å². The molecule has 0 amide bonds. The lowest BCUT2D eigenvalue weighted by Crippen LogP contribution is -2.22. The summed E-state index contributed by atoms with van der Waals surface area (Å²) < 4.78 is 6.51. The highest BCUT2D eigenvalue weighted by atomic mass is 16.5. The van der Waals surface area contributed by atoms with Crippen LogP contribution in [0.25, 0.3) is 27.8 Å². The SMILES string of the molecule is CC1(C)C2=C(CCC(N(c3ccc(-c4ccccc4)cc3)c3ccc(-c4cccc5c4OC4C=CC=CC54)cc3)=C2)c2ccccc21. The van der Waals surface area contributed by atoms with Crippen LogP contribution in [0.15, 0.2) is 163 Å². The van der Waals surface area contributed by atoms with Crippen LogP contribution in [0.4, 0.5) is 11.4 Å². The molecule has 0 N–H and O–H groups in total. The number of ether oxygens (including phenoxy) is 1. The van der Waals surface area contributed by atoms with E-state index in [1.165, 1.54) is 55.9 Å². The largest absolute Gasteiger partial charge is 0.484 e. The van der Waals surface area contributed by atoms with Gasteiger partial charge in [-0.25, -0.2) is 0 Å². The van der Waals surface area contributed by atoms with Gasteiger partial charge in [-0.05, 0) is 88.2 Å². The summed E-state index contributed by atoms with van der Waals surface area (Å²) in [5.41, 5.74) is 15.5. The van der Waals surface area contributed by atoms with Crippen molar-refractivity contribution >= 4 is 16.9 Å². The molecule has 1 heterocycles. The molecule has 0 saturated heterocycles. The van der Waals surface area contributed by atoms with Crippen LogP contribution in [0, 0.1) is 0 Å². The third-order valence-corrected chi connectivity index (χ3v) is 10.6. The van der Waals surface area contributed by atoms with E-state index in [-0.39, 0.29) is 17.4 Å². The van der Waals surface area contributed by atoms with Crippen molar-refractivity contribution in [2.24, 2.45) is 0 Å². The lowest BCUT2D eigenvalue weighted by atomic mass is 9.79. The molecule has 5 aromatic rings. The molecule has 228 valence electrons. The number of allylic oxidation sites excluding steroid dienone is 6. The van der Waals surface area contributed by atoms with Gasteiger partial charge in [0.15, 0.2) is 0 Å². The zero-order valence-corrected chi connectivity index (χ0v) is 26.9. The molecule has 0 radical (unpaired) electrons. The van der Waals surface area contributed by atoms with Crippen LogP contribution in [-0.2, 0) is 5.41 Å². The second kappa shape index (κ2) is 10.9. The summed E-state index contributed by atoms with van der Waals surface area (Å²) in [6.45, 7) is 4.76. The van der Waals surface area contributed by atoms with Gasteiger partial charge in [-0.2, -0.15) is 0 Å². The van der Waals surface area contributed by atoms with Gasteiger partial charge in [-0.3, -0.25) is 0 Å². The van der Waals surface area contributed by atoms with Crippen molar-refractivity contribution < 1.29 is 4.74 Å². The predicted molar refractivity (Wildman–Crippen MR) is 195 cm³/mol. The topological polar surface area (TPSA) is 12.5 Å². The number of nitrogens with zero attached hydrogens (tertiary/aromatic N) is 1. The molecule has 3 aliphatic carbocycles. The van der Waals surface area contributed by atoms with Gasteiger partial charge >= 0.3 is 0 Å². The van der Waals surface area contributed by atoms with Crippen LogP contribution in [0.3, 0.4) is 0 Å². The van der Waals surface area contributed by atoms with Crippen LogP contribution < -0.4 is 9.64 Å². The Hall–Kier alpha value is -5.34. The standard InChI is InChI=1S/C45H37NO/c1-45(2)41-17-8-6-13-37(41)38-28-27-35(29-42(38)45)46(33-23-19-31(20-24-33)30-11-4-3-5-12-30)34-25-21-32(22-26-34)36-15-10-16-40-39-14-7-9-18-43(39)47-44(36)40/h3-26,29,39,43H,27-28H2,1-2H3. The van der Waals surface area contributed by atoms with Gasteiger partial charge in [0.05, 0.1) is 0 Å². The van der Waals surface area contributed by atoms with Crippen LogP contribution in [0.1, 0.15) is 49.3 Å². The normalized spacial score (nSPS) is 19.7. The Morgan fingerprint density at radius 2 is 1.28 bits per heavy atom. The Morgan fingerprint density at radius 1 is 0.617 bits per heavy atom. The van der Waals surface area contributed by atoms with E-state index in [0.717, 1.165) is 29.8 Å². The quantitative estimate of drug-likeness (QED) is 0.197. The van der Waals surface area contributed by atoms with E-state index < -0.39 is 0 Å². The third kappa shape index (κ3) is 4.54. The molecule has 2 atom stereocenters. The first-order chi connectivity index (χ1) is 23.1. The summed E-state index contributed by atoms with van der Waals surface area (Å²) in [6.07, 6.45) is 13.2. The summed E-state index contributed by atoms with van der Waals surface area (Å²) in [7, 11) is 0. The van der Waals surface area contributed by atoms with Crippen molar-refractivity contribution in [3.05, 3.63) is 180 Å². The highest BCUT2D eigenvalue weighted by Gasteiger charge is 2.39. The van der Waals surface area contributed by atoms with E-state index in [4.69, 9.17) is 4.74 Å². The van der Waals surface area contributed by atoms with Crippen molar-refractivity contribution in [2.75, 3.05) is 4.90 Å². The van der Waals surface area contributed by atoms with Crippen molar-refractivity contribution in [3.8, 4) is 28.0 Å². The smallest absolute Gasteiger partial charge is 0.132 e. The zero-order valence-electron chi connectivity index (χ0n) is 26.9. The lowest BCUT2D eigenvalue weighted by molar-refractivity contribution is 0.270. The minimum Gasteiger partial charge on any atom is -0.484 e. The van der Waals surface area contributed by atoms with Crippen molar-refractivity contribution in [1.82, 2.24) is 0 Å². The summed E-state index contributed by atoms with van der Waals surface area (Å²) >= 11 is 0. The molecule has 4 aliphatic rings. The van der Waals surface area contributed by atoms with Gasteiger partial charge in [-0.1, -0.05) is 129 Å². The van der Waals surface area contributed by atoms with Gasteiger partial charge < -0.3 is 9.64 Å². The molecule has 0 saturated carbocycles. The monoisotopic (exact) mass is 607 g/mol. The summed E-state index contributed by atoms with van der Waals surface area (Å²) in [5.74, 6) is 1.30. The molecular formula is C45H37NO. The van der Waals surface area contributed by atoms with E-state index in [0.29, 0.717) is 0 Å². The van der Waals surface area contributed by atoms with Gasteiger partial charge in [0.25, 0.3) is 0 Å². The van der Waals surface area contributed by atoms with Gasteiger partial charge in [0.2, 0.25) is 0 Å². The second-order valence-electron chi connectivity index (χ2n) is 13.6.